The lowest BCUT2D eigenvalue weighted by molar-refractivity contribution is -0.145. The molecule has 1 saturated heterocycles. The monoisotopic (exact) mass is 397 g/mol. The van der Waals surface area contributed by atoms with Crippen LogP contribution < -0.4 is 4.74 Å². The summed E-state index contributed by atoms with van der Waals surface area (Å²) < 4.78 is 10.7. The van der Waals surface area contributed by atoms with E-state index in [1.165, 1.54) is 0 Å². The summed E-state index contributed by atoms with van der Waals surface area (Å²) in [5.41, 5.74) is 0.410. The average molecular weight is 397 g/mol. The molecule has 1 heterocycles. The third-order valence-corrected chi connectivity index (χ3v) is 5.48. The first kappa shape index (κ1) is 20.9. The molecule has 1 amide bonds. The van der Waals surface area contributed by atoms with Crippen LogP contribution in [0.1, 0.15) is 35.2 Å². The third kappa shape index (κ3) is 4.77. The van der Waals surface area contributed by atoms with Crippen LogP contribution in [0.15, 0.2) is 54.6 Å². The van der Waals surface area contributed by atoms with Crippen molar-refractivity contribution < 1.29 is 24.2 Å². The highest BCUT2D eigenvalue weighted by Gasteiger charge is 2.43. The second-order valence-electron chi connectivity index (χ2n) is 7.27. The minimum absolute atomic E-state index is 0.0978. The normalized spacial score (nSPS) is 15.7. The molecule has 0 radical (unpaired) electrons. The maximum absolute atomic E-state index is 12.9. The van der Waals surface area contributed by atoms with E-state index in [2.05, 4.69) is 0 Å². The number of piperidine rings is 1. The Kier molecular flexibility index (Phi) is 6.88. The van der Waals surface area contributed by atoms with Crippen molar-refractivity contribution in [1.29, 1.82) is 0 Å². The number of hydrogen-bond donors (Lipinski definition) is 1. The lowest BCUT2D eigenvalue weighted by Gasteiger charge is -2.39. The molecule has 6 heteroatoms. The fourth-order valence-corrected chi connectivity index (χ4v) is 3.77. The number of methoxy groups -OCH3 is 1. The number of benzene rings is 2. The van der Waals surface area contributed by atoms with Crippen molar-refractivity contribution in [2.45, 2.75) is 24.7 Å². The Hall–Kier alpha value is -2.86. The number of ether oxygens (including phenoxy) is 2. The molecule has 1 fully saturated rings. The van der Waals surface area contributed by atoms with Gasteiger partial charge in [0.15, 0.2) is 0 Å². The fourth-order valence-electron chi connectivity index (χ4n) is 3.77. The Morgan fingerprint density at radius 3 is 2.41 bits per heavy atom. The molecule has 2 aromatic carbocycles. The van der Waals surface area contributed by atoms with Crippen molar-refractivity contribution in [3.8, 4) is 5.75 Å². The van der Waals surface area contributed by atoms with E-state index in [1.807, 2.05) is 36.4 Å². The van der Waals surface area contributed by atoms with E-state index in [9.17, 15) is 14.7 Å². The van der Waals surface area contributed by atoms with Gasteiger partial charge in [-0.05, 0) is 36.6 Å². The summed E-state index contributed by atoms with van der Waals surface area (Å²) in [5, 5.41) is 9.91. The molecule has 154 valence electrons. The van der Waals surface area contributed by atoms with Crippen LogP contribution in [0.2, 0.25) is 0 Å². The summed E-state index contributed by atoms with van der Waals surface area (Å²) in [6, 6.07) is 16.4. The first-order valence-corrected chi connectivity index (χ1v) is 9.87. The van der Waals surface area contributed by atoms with Crippen LogP contribution in [-0.4, -0.2) is 55.3 Å². The largest absolute Gasteiger partial charge is 0.493 e. The van der Waals surface area contributed by atoms with Crippen LogP contribution in [0.5, 0.6) is 5.75 Å². The highest BCUT2D eigenvalue weighted by molar-refractivity contribution is 5.95. The minimum Gasteiger partial charge on any atom is -0.493 e. The van der Waals surface area contributed by atoms with Crippen molar-refractivity contribution in [2.24, 2.45) is 0 Å². The van der Waals surface area contributed by atoms with E-state index in [0.29, 0.717) is 50.5 Å². The Morgan fingerprint density at radius 1 is 1.03 bits per heavy atom. The van der Waals surface area contributed by atoms with Gasteiger partial charge in [-0.1, -0.05) is 36.4 Å². The molecule has 0 atom stereocenters. The molecule has 2 aromatic rings. The molecule has 1 aliphatic rings. The number of carbonyl (C=O) groups excluding carboxylic acids is 1. The number of rotatable bonds is 8. The number of carbonyl (C=O) groups is 2. The number of amides is 1. The Bertz CT molecular complexity index is 828. The summed E-state index contributed by atoms with van der Waals surface area (Å²) in [7, 11) is 1.65. The van der Waals surface area contributed by atoms with E-state index >= 15 is 0 Å². The zero-order chi connectivity index (χ0) is 20.7. The lowest BCUT2D eigenvalue weighted by atomic mass is 9.73. The molecule has 0 aliphatic carbocycles. The molecule has 0 aromatic heterocycles. The highest BCUT2D eigenvalue weighted by atomic mass is 16.5. The maximum atomic E-state index is 12.9. The van der Waals surface area contributed by atoms with Gasteiger partial charge < -0.3 is 19.5 Å². The molecule has 0 unspecified atom stereocenters. The van der Waals surface area contributed by atoms with Gasteiger partial charge in [0.05, 0.1) is 12.0 Å². The average Bonchev–Trinajstić information content (AvgIpc) is 2.77. The molecule has 29 heavy (non-hydrogen) atoms. The van der Waals surface area contributed by atoms with Gasteiger partial charge in [-0.3, -0.25) is 9.59 Å². The van der Waals surface area contributed by atoms with Gasteiger partial charge in [-0.15, -0.1) is 0 Å². The van der Waals surface area contributed by atoms with E-state index in [-0.39, 0.29) is 5.91 Å². The molecule has 1 N–H and O–H groups in total. The summed E-state index contributed by atoms with van der Waals surface area (Å²) in [5.74, 6) is -0.283. The molecule has 1 aliphatic heterocycles. The van der Waals surface area contributed by atoms with Crippen LogP contribution in [0, 0.1) is 0 Å². The van der Waals surface area contributed by atoms with E-state index in [0.717, 1.165) is 12.0 Å². The third-order valence-electron chi connectivity index (χ3n) is 5.48. The molecule has 3 rings (SSSR count). The van der Waals surface area contributed by atoms with Gasteiger partial charge in [-0.25, -0.2) is 0 Å². The van der Waals surface area contributed by atoms with Crippen molar-refractivity contribution in [2.75, 3.05) is 33.4 Å². The maximum Gasteiger partial charge on any atom is 0.314 e. The lowest BCUT2D eigenvalue weighted by Crippen LogP contribution is -2.49. The quantitative estimate of drug-likeness (QED) is 0.691. The molecule has 0 saturated carbocycles. The molecular formula is C23H27NO5. The predicted octanol–water partition coefficient (Wildman–Crippen LogP) is 3.36. The van der Waals surface area contributed by atoms with Crippen LogP contribution in [0.25, 0.3) is 0 Å². The number of aliphatic carboxylic acids is 1. The zero-order valence-corrected chi connectivity index (χ0v) is 16.7. The number of carboxylic acids is 1. The van der Waals surface area contributed by atoms with Gasteiger partial charge in [0.1, 0.15) is 5.75 Å². The van der Waals surface area contributed by atoms with Crippen molar-refractivity contribution in [3.63, 3.8) is 0 Å². The fraction of sp³-hybridized carbons (Fsp3) is 0.391. The van der Waals surface area contributed by atoms with Crippen molar-refractivity contribution >= 4 is 11.9 Å². The van der Waals surface area contributed by atoms with Gasteiger partial charge in [0.25, 0.3) is 5.91 Å². The van der Waals surface area contributed by atoms with Crippen LogP contribution in [0.3, 0.4) is 0 Å². The zero-order valence-electron chi connectivity index (χ0n) is 16.7. The van der Waals surface area contributed by atoms with Gasteiger partial charge in [0, 0.05) is 38.8 Å². The number of hydrogen-bond acceptors (Lipinski definition) is 4. The standard InChI is InChI=1S/C23H27NO5/c1-28-15-6-16-29-20-10-5-7-18(17-20)21(25)24-13-11-23(12-14-24,22(26)27)19-8-3-2-4-9-19/h2-5,7-10,17H,6,11-16H2,1H3,(H,26,27). The second kappa shape index (κ2) is 9.56. The van der Waals surface area contributed by atoms with Crippen LogP contribution in [-0.2, 0) is 14.9 Å². The number of likely N-dealkylation sites (tertiary alicyclic amines) is 1. The van der Waals surface area contributed by atoms with Gasteiger partial charge >= 0.3 is 5.97 Å². The van der Waals surface area contributed by atoms with Crippen molar-refractivity contribution in [1.82, 2.24) is 4.90 Å². The van der Waals surface area contributed by atoms with Crippen LogP contribution >= 0.6 is 0 Å². The summed E-state index contributed by atoms with van der Waals surface area (Å²) in [6.07, 6.45) is 1.56. The number of carboxylic acid groups (broad SMARTS) is 1. The minimum atomic E-state index is -0.940. The SMILES string of the molecule is COCCCOc1cccc(C(=O)N2CCC(C(=O)O)(c3ccccc3)CC2)c1. The molecular weight excluding hydrogens is 370 g/mol. The Labute approximate surface area is 171 Å². The first-order chi connectivity index (χ1) is 14.1. The number of nitrogens with zero attached hydrogens (tertiary/aromatic N) is 1. The van der Waals surface area contributed by atoms with E-state index < -0.39 is 11.4 Å². The molecule has 0 bridgehead atoms. The van der Waals surface area contributed by atoms with E-state index in [1.54, 1.807) is 30.2 Å². The summed E-state index contributed by atoms with van der Waals surface area (Å²) >= 11 is 0. The Balaban J connectivity index is 1.66. The topological polar surface area (TPSA) is 76.1 Å². The molecule has 6 nitrogen and oxygen atoms in total. The first-order valence-electron chi connectivity index (χ1n) is 9.87. The highest BCUT2D eigenvalue weighted by Crippen LogP contribution is 2.36. The van der Waals surface area contributed by atoms with Gasteiger partial charge in [0.2, 0.25) is 0 Å². The van der Waals surface area contributed by atoms with E-state index in [4.69, 9.17) is 9.47 Å². The smallest absolute Gasteiger partial charge is 0.314 e. The summed E-state index contributed by atoms with van der Waals surface area (Å²) in [6.45, 7) is 1.95. The summed E-state index contributed by atoms with van der Waals surface area (Å²) in [4.78, 5) is 26.8. The molecule has 0 spiro atoms. The Morgan fingerprint density at radius 2 is 1.76 bits per heavy atom. The van der Waals surface area contributed by atoms with Gasteiger partial charge in [-0.2, -0.15) is 0 Å². The van der Waals surface area contributed by atoms with Crippen molar-refractivity contribution in [3.05, 3.63) is 65.7 Å². The predicted molar refractivity (Wildman–Crippen MR) is 109 cm³/mol. The van der Waals surface area contributed by atoms with Crippen LogP contribution in [0.4, 0.5) is 0 Å². The second-order valence-corrected chi connectivity index (χ2v) is 7.27.